The molecule has 34 heavy (non-hydrogen) atoms. The number of imidazole rings is 1. The lowest BCUT2D eigenvalue weighted by Crippen LogP contribution is -2.58. The van der Waals surface area contributed by atoms with Gasteiger partial charge in [0.1, 0.15) is 18.1 Å². The molecule has 4 amide bonds. The van der Waals surface area contributed by atoms with Gasteiger partial charge in [0.2, 0.25) is 23.6 Å². The molecule has 0 bridgehead atoms. The predicted molar refractivity (Wildman–Crippen MR) is 124 cm³/mol. The number of nitrogens with one attached hydrogen (secondary N) is 5. The molecule has 188 valence electrons. The molecule has 0 radical (unpaired) electrons. The Labute approximate surface area is 200 Å². The van der Waals surface area contributed by atoms with Crippen molar-refractivity contribution in [3.63, 3.8) is 0 Å². The van der Waals surface area contributed by atoms with E-state index in [1.807, 2.05) is 6.26 Å². The normalized spacial score (nSPS) is 17.9. The van der Waals surface area contributed by atoms with Crippen LogP contribution >= 0.6 is 11.8 Å². The first-order chi connectivity index (χ1) is 16.2. The molecule has 0 spiro atoms. The van der Waals surface area contributed by atoms with Gasteiger partial charge in [-0.3, -0.25) is 19.2 Å². The zero-order valence-electron chi connectivity index (χ0n) is 18.8. The molecule has 0 aromatic carbocycles. The van der Waals surface area contributed by atoms with Crippen molar-refractivity contribution in [1.29, 1.82) is 0 Å². The molecule has 4 atom stereocenters. The van der Waals surface area contributed by atoms with Crippen LogP contribution in [0.5, 0.6) is 0 Å². The van der Waals surface area contributed by atoms with Crippen LogP contribution < -0.4 is 27.0 Å². The molecule has 13 nitrogen and oxygen atoms in total. The average Bonchev–Trinajstić information content (AvgIpc) is 3.49. The molecular formula is C20H31N7O6S. The second-order valence-electron chi connectivity index (χ2n) is 7.90. The summed E-state index contributed by atoms with van der Waals surface area (Å²) in [5.74, 6) is -3.44. The fourth-order valence-electron chi connectivity index (χ4n) is 3.46. The number of aliphatic carboxylic acids is 1. The van der Waals surface area contributed by atoms with E-state index < -0.39 is 60.2 Å². The second kappa shape index (κ2) is 13.5. The monoisotopic (exact) mass is 497 g/mol. The minimum absolute atomic E-state index is 0.0288. The van der Waals surface area contributed by atoms with Crippen molar-refractivity contribution < 1.29 is 29.1 Å². The van der Waals surface area contributed by atoms with Gasteiger partial charge in [0.05, 0.1) is 18.8 Å². The maximum absolute atomic E-state index is 12.9. The van der Waals surface area contributed by atoms with Gasteiger partial charge in [0.25, 0.3) is 0 Å². The molecule has 1 aliphatic heterocycles. The van der Waals surface area contributed by atoms with E-state index in [9.17, 15) is 29.1 Å². The van der Waals surface area contributed by atoms with Gasteiger partial charge in [0, 0.05) is 18.3 Å². The van der Waals surface area contributed by atoms with Gasteiger partial charge < -0.3 is 37.1 Å². The number of aromatic nitrogens is 2. The Balaban J connectivity index is 2.08. The molecule has 1 aromatic heterocycles. The predicted octanol–water partition coefficient (Wildman–Crippen LogP) is -2.13. The first-order valence-electron chi connectivity index (χ1n) is 10.8. The lowest BCUT2D eigenvalue weighted by atomic mass is 10.1. The quantitative estimate of drug-likeness (QED) is 0.149. The van der Waals surface area contributed by atoms with E-state index in [4.69, 9.17) is 5.73 Å². The number of nitrogens with zero attached hydrogens (tertiary/aromatic N) is 1. The number of aromatic amines is 1. The first kappa shape index (κ1) is 27.1. The number of carbonyl (C=O) groups is 5. The summed E-state index contributed by atoms with van der Waals surface area (Å²) in [7, 11) is 0. The Morgan fingerprint density at radius 1 is 1.18 bits per heavy atom. The Kier molecular flexibility index (Phi) is 10.8. The molecule has 1 aromatic rings. The largest absolute Gasteiger partial charge is 0.480 e. The van der Waals surface area contributed by atoms with Crippen LogP contribution in [-0.2, 0) is 30.4 Å². The van der Waals surface area contributed by atoms with Gasteiger partial charge in [0.15, 0.2) is 0 Å². The van der Waals surface area contributed by atoms with Crippen LogP contribution in [0.2, 0.25) is 0 Å². The number of hydrogen-bond acceptors (Lipinski definition) is 8. The summed E-state index contributed by atoms with van der Waals surface area (Å²) in [6.07, 6.45) is 5.80. The maximum Gasteiger partial charge on any atom is 0.326 e. The summed E-state index contributed by atoms with van der Waals surface area (Å²) in [6.45, 7) is 0.672. The van der Waals surface area contributed by atoms with E-state index in [0.717, 1.165) is 6.42 Å². The molecule has 1 saturated heterocycles. The highest BCUT2D eigenvalue weighted by Crippen LogP contribution is 2.08. The van der Waals surface area contributed by atoms with Crippen molar-refractivity contribution in [2.75, 3.05) is 18.6 Å². The van der Waals surface area contributed by atoms with Gasteiger partial charge in [-0.15, -0.1) is 0 Å². The van der Waals surface area contributed by atoms with E-state index in [-0.39, 0.29) is 12.8 Å². The fourth-order valence-corrected chi connectivity index (χ4v) is 3.93. The fraction of sp³-hybridized carbons (Fsp3) is 0.600. The zero-order chi connectivity index (χ0) is 25.1. The zero-order valence-corrected chi connectivity index (χ0v) is 19.7. The summed E-state index contributed by atoms with van der Waals surface area (Å²) in [5.41, 5.74) is 5.77. The number of carbonyl (C=O) groups excluding carboxylic acids is 4. The van der Waals surface area contributed by atoms with Crippen molar-refractivity contribution >= 4 is 41.4 Å². The van der Waals surface area contributed by atoms with Gasteiger partial charge in [-0.2, -0.15) is 11.8 Å². The number of primary amides is 1. The molecule has 8 N–H and O–H groups in total. The van der Waals surface area contributed by atoms with Gasteiger partial charge in [-0.05, 0) is 37.8 Å². The number of hydrogen-bond donors (Lipinski definition) is 7. The molecule has 0 saturated carbocycles. The van der Waals surface area contributed by atoms with Crippen molar-refractivity contribution in [1.82, 2.24) is 31.2 Å². The molecule has 0 aliphatic carbocycles. The molecule has 2 rings (SSSR count). The highest BCUT2D eigenvalue weighted by Gasteiger charge is 2.32. The van der Waals surface area contributed by atoms with E-state index >= 15 is 0 Å². The number of rotatable bonds is 14. The Morgan fingerprint density at radius 2 is 1.88 bits per heavy atom. The first-order valence-corrected chi connectivity index (χ1v) is 12.2. The number of carboxylic acids is 1. The summed E-state index contributed by atoms with van der Waals surface area (Å²) in [6, 6.07) is -4.08. The van der Waals surface area contributed by atoms with Crippen LogP contribution in [0.1, 0.15) is 31.4 Å². The highest BCUT2D eigenvalue weighted by atomic mass is 32.2. The van der Waals surface area contributed by atoms with Crippen molar-refractivity contribution in [3.05, 3.63) is 18.2 Å². The van der Waals surface area contributed by atoms with E-state index in [0.29, 0.717) is 24.4 Å². The van der Waals surface area contributed by atoms with Crippen LogP contribution in [0.25, 0.3) is 0 Å². The van der Waals surface area contributed by atoms with E-state index in [1.165, 1.54) is 24.3 Å². The summed E-state index contributed by atoms with van der Waals surface area (Å²) >= 11 is 1.44. The van der Waals surface area contributed by atoms with Crippen LogP contribution in [-0.4, -0.2) is 87.4 Å². The number of H-pyrrole nitrogens is 1. The number of amides is 4. The SMILES string of the molecule is CSCCC(NC(=O)C(CC(N)=O)NC(=O)C1CCCN1)C(=O)NC(Cc1cnc[nH]1)C(=O)O. The number of carboxylic acid groups (broad SMARTS) is 1. The molecule has 1 fully saturated rings. The number of nitrogens with two attached hydrogens (primary N) is 1. The average molecular weight is 498 g/mol. The second-order valence-corrected chi connectivity index (χ2v) is 8.89. The Hall–Kier alpha value is -3.13. The molecule has 14 heteroatoms. The van der Waals surface area contributed by atoms with Crippen LogP contribution in [0.15, 0.2) is 12.5 Å². The third-order valence-corrected chi connectivity index (χ3v) is 5.90. The summed E-state index contributed by atoms with van der Waals surface area (Å²) in [4.78, 5) is 68.0. The third-order valence-electron chi connectivity index (χ3n) is 5.25. The Bertz CT molecular complexity index is 860. The summed E-state index contributed by atoms with van der Waals surface area (Å²) < 4.78 is 0. The number of thioether (sulfide) groups is 1. The van der Waals surface area contributed by atoms with Crippen molar-refractivity contribution in [3.8, 4) is 0 Å². The molecule has 4 unspecified atom stereocenters. The Morgan fingerprint density at radius 3 is 2.44 bits per heavy atom. The minimum atomic E-state index is -1.27. The van der Waals surface area contributed by atoms with E-state index in [2.05, 4.69) is 31.2 Å². The van der Waals surface area contributed by atoms with Gasteiger partial charge in [-0.25, -0.2) is 9.78 Å². The van der Waals surface area contributed by atoms with Crippen molar-refractivity contribution in [2.24, 2.45) is 5.73 Å². The molecular weight excluding hydrogens is 466 g/mol. The molecule has 1 aliphatic rings. The van der Waals surface area contributed by atoms with Crippen LogP contribution in [0.4, 0.5) is 0 Å². The molecule has 2 heterocycles. The third kappa shape index (κ3) is 8.67. The van der Waals surface area contributed by atoms with Gasteiger partial charge in [-0.1, -0.05) is 0 Å². The standard InChI is InChI=1S/C20H31N7O6S/c1-34-6-4-13(18(30)27-15(20(32)33)7-11-9-22-10-24-11)25-19(31)14(8-16(21)28)26-17(29)12-3-2-5-23-12/h9-10,12-15,23H,2-8H2,1H3,(H2,21,28)(H,22,24)(H,25,31)(H,26,29)(H,27,30)(H,32,33). The van der Waals surface area contributed by atoms with Crippen LogP contribution in [0.3, 0.4) is 0 Å². The topological polar surface area (TPSA) is 208 Å². The summed E-state index contributed by atoms with van der Waals surface area (Å²) in [5, 5.41) is 20.0. The lowest BCUT2D eigenvalue weighted by Gasteiger charge is -2.24. The highest BCUT2D eigenvalue weighted by molar-refractivity contribution is 7.98. The van der Waals surface area contributed by atoms with E-state index in [1.54, 1.807) is 0 Å². The lowest BCUT2D eigenvalue weighted by molar-refractivity contribution is -0.142. The minimum Gasteiger partial charge on any atom is -0.480 e. The van der Waals surface area contributed by atoms with Gasteiger partial charge >= 0.3 is 5.97 Å². The van der Waals surface area contributed by atoms with Crippen molar-refractivity contribution in [2.45, 2.75) is 56.3 Å². The maximum atomic E-state index is 12.9. The van der Waals surface area contributed by atoms with Crippen LogP contribution in [0, 0.1) is 0 Å². The smallest absolute Gasteiger partial charge is 0.326 e.